The molecular weight excluding hydrogens is 277 g/mol. The van der Waals surface area contributed by atoms with Crippen molar-refractivity contribution in [1.29, 1.82) is 0 Å². The second-order valence-electron chi connectivity index (χ2n) is 3.90. The van der Waals surface area contributed by atoms with Gasteiger partial charge in [-0.3, -0.25) is 0 Å². The summed E-state index contributed by atoms with van der Waals surface area (Å²) in [4.78, 5) is 0. The van der Waals surface area contributed by atoms with Crippen molar-refractivity contribution in [3.63, 3.8) is 0 Å². The zero-order chi connectivity index (χ0) is 14.0. The van der Waals surface area contributed by atoms with Crippen LogP contribution in [0.5, 0.6) is 0 Å². The van der Waals surface area contributed by atoms with Crippen molar-refractivity contribution in [3.8, 4) is 0 Å². The lowest BCUT2D eigenvalue weighted by Gasteiger charge is -2.12. The number of nitrogens with two attached hydrogens (primary N) is 1. The number of para-hydroxylation sites is 1. The number of rotatable bonds is 2. The van der Waals surface area contributed by atoms with Gasteiger partial charge in [0.15, 0.2) is 0 Å². The van der Waals surface area contributed by atoms with Crippen molar-refractivity contribution in [2.75, 3.05) is 11.1 Å². The van der Waals surface area contributed by atoms with E-state index in [1.165, 1.54) is 12.1 Å². The van der Waals surface area contributed by atoms with Gasteiger partial charge in [-0.05, 0) is 30.3 Å². The molecule has 3 N–H and O–H groups in total. The van der Waals surface area contributed by atoms with Crippen LogP contribution in [-0.2, 0) is 6.18 Å². The SMILES string of the molecule is Nc1c(Cl)cccc1Nc1cccc(C(F)(F)F)c1. The summed E-state index contributed by atoms with van der Waals surface area (Å²) in [7, 11) is 0. The van der Waals surface area contributed by atoms with Crippen LogP contribution in [0.25, 0.3) is 0 Å². The molecule has 0 unspecified atom stereocenters. The van der Waals surface area contributed by atoms with Gasteiger partial charge in [0.1, 0.15) is 0 Å². The van der Waals surface area contributed by atoms with E-state index in [2.05, 4.69) is 5.32 Å². The first-order chi connectivity index (χ1) is 8.88. The van der Waals surface area contributed by atoms with Gasteiger partial charge in [-0.1, -0.05) is 23.7 Å². The minimum Gasteiger partial charge on any atom is -0.396 e. The Balaban J connectivity index is 2.31. The second kappa shape index (κ2) is 5.01. The Labute approximate surface area is 113 Å². The van der Waals surface area contributed by atoms with Crippen LogP contribution in [0.2, 0.25) is 5.02 Å². The van der Waals surface area contributed by atoms with Crippen LogP contribution in [0.4, 0.5) is 30.2 Å². The van der Waals surface area contributed by atoms with E-state index in [9.17, 15) is 13.2 Å². The van der Waals surface area contributed by atoms with E-state index in [1.54, 1.807) is 18.2 Å². The summed E-state index contributed by atoms with van der Waals surface area (Å²) in [6, 6.07) is 9.78. The molecule has 2 aromatic carbocycles. The Kier molecular flexibility index (Phi) is 3.57. The number of alkyl halides is 3. The maximum atomic E-state index is 12.6. The summed E-state index contributed by atoms with van der Waals surface area (Å²) in [6.45, 7) is 0. The lowest BCUT2D eigenvalue weighted by molar-refractivity contribution is -0.137. The molecule has 0 aliphatic carbocycles. The van der Waals surface area contributed by atoms with E-state index in [1.807, 2.05) is 0 Å². The molecule has 0 aliphatic heterocycles. The van der Waals surface area contributed by atoms with Crippen molar-refractivity contribution >= 4 is 28.7 Å². The molecule has 0 spiro atoms. The highest BCUT2D eigenvalue weighted by Gasteiger charge is 2.30. The van der Waals surface area contributed by atoms with Crippen LogP contribution in [0.3, 0.4) is 0 Å². The van der Waals surface area contributed by atoms with Gasteiger partial charge in [-0.15, -0.1) is 0 Å². The summed E-state index contributed by atoms with van der Waals surface area (Å²) in [6.07, 6.45) is -4.38. The van der Waals surface area contributed by atoms with Gasteiger partial charge in [0.25, 0.3) is 0 Å². The molecule has 0 saturated carbocycles. The number of anilines is 3. The van der Waals surface area contributed by atoms with Gasteiger partial charge in [0.2, 0.25) is 0 Å². The van der Waals surface area contributed by atoms with Crippen molar-refractivity contribution in [2.45, 2.75) is 6.18 Å². The minimum atomic E-state index is -4.38. The quantitative estimate of drug-likeness (QED) is 0.786. The van der Waals surface area contributed by atoms with Gasteiger partial charge in [-0.25, -0.2) is 0 Å². The molecule has 2 rings (SSSR count). The van der Waals surface area contributed by atoms with Crippen LogP contribution in [0.15, 0.2) is 42.5 Å². The van der Waals surface area contributed by atoms with E-state index < -0.39 is 11.7 Å². The average Bonchev–Trinajstić information content (AvgIpc) is 2.34. The molecule has 0 bridgehead atoms. The fourth-order valence-corrected chi connectivity index (χ4v) is 1.75. The molecular formula is C13H10ClF3N2. The Morgan fingerprint density at radius 1 is 1.05 bits per heavy atom. The highest BCUT2D eigenvalue weighted by atomic mass is 35.5. The maximum Gasteiger partial charge on any atom is 0.416 e. The van der Waals surface area contributed by atoms with E-state index in [0.29, 0.717) is 22.1 Å². The lowest BCUT2D eigenvalue weighted by Crippen LogP contribution is -2.05. The third kappa shape index (κ3) is 3.12. The van der Waals surface area contributed by atoms with Crippen molar-refractivity contribution in [1.82, 2.24) is 0 Å². The van der Waals surface area contributed by atoms with E-state index in [0.717, 1.165) is 12.1 Å². The van der Waals surface area contributed by atoms with Crippen molar-refractivity contribution in [2.24, 2.45) is 0 Å². The first kappa shape index (κ1) is 13.5. The smallest absolute Gasteiger partial charge is 0.396 e. The molecule has 0 aliphatic rings. The summed E-state index contributed by atoms with van der Waals surface area (Å²) >= 11 is 5.84. The molecule has 0 saturated heterocycles. The molecule has 0 heterocycles. The first-order valence-corrected chi connectivity index (χ1v) is 5.74. The van der Waals surface area contributed by atoms with Crippen LogP contribution in [0.1, 0.15) is 5.56 Å². The molecule has 100 valence electrons. The largest absolute Gasteiger partial charge is 0.416 e. The fraction of sp³-hybridized carbons (Fsp3) is 0.0769. The number of benzene rings is 2. The fourth-order valence-electron chi connectivity index (χ4n) is 1.57. The van der Waals surface area contributed by atoms with E-state index in [4.69, 9.17) is 17.3 Å². The average molecular weight is 287 g/mol. The molecule has 0 radical (unpaired) electrons. The molecule has 2 nitrogen and oxygen atoms in total. The number of nitrogens with one attached hydrogen (secondary N) is 1. The van der Waals surface area contributed by atoms with Crippen molar-refractivity contribution < 1.29 is 13.2 Å². The van der Waals surface area contributed by atoms with Gasteiger partial charge in [0, 0.05) is 5.69 Å². The van der Waals surface area contributed by atoms with E-state index >= 15 is 0 Å². The normalized spacial score (nSPS) is 11.4. The van der Waals surface area contributed by atoms with Crippen LogP contribution in [0, 0.1) is 0 Å². The Morgan fingerprint density at radius 2 is 1.74 bits per heavy atom. The number of nitrogen functional groups attached to an aromatic ring is 1. The zero-order valence-corrected chi connectivity index (χ0v) is 10.4. The molecule has 2 aromatic rings. The molecule has 6 heteroatoms. The summed E-state index contributed by atoms with van der Waals surface area (Å²) in [5.74, 6) is 0. The molecule has 0 aromatic heterocycles. The van der Waals surface area contributed by atoms with Crippen molar-refractivity contribution in [3.05, 3.63) is 53.1 Å². The van der Waals surface area contributed by atoms with Gasteiger partial charge in [-0.2, -0.15) is 13.2 Å². The molecule has 19 heavy (non-hydrogen) atoms. The number of hydrogen-bond donors (Lipinski definition) is 2. The van der Waals surface area contributed by atoms with E-state index in [-0.39, 0.29) is 0 Å². The van der Waals surface area contributed by atoms with Gasteiger partial charge in [0.05, 0.1) is 22.0 Å². The van der Waals surface area contributed by atoms with Gasteiger partial charge < -0.3 is 11.1 Å². The predicted octanol–water partition coefficient (Wildman–Crippen LogP) is 4.68. The highest BCUT2D eigenvalue weighted by Crippen LogP contribution is 2.33. The minimum absolute atomic E-state index is 0.293. The van der Waals surface area contributed by atoms with Crippen LogP contribution < -0.4 is 11.1 Å². The predicted molar refractivity (Wildman–Crippen MR) is 70.6 cm³/mol. The zero-order valence-electron chi connectivity index (χ0n) is 9.63. The summed E-state index contributed by atoms with van der Waals surface area (Å²) in [5.41, 5.74) is 6.07. The summed E-state index contributed by atoms with van der Waals surface area (Å²) < 4.78 is 37.7. The Hall–Kier alpha value is -1.88. The molecule has 0 amide bonds. The maximum absolute atomic E-state index is 12.6. The lowest BCUT2D eigenvalue weighted by atomic mass is 10.2. The monoisotopic (exact) mass is 286 g/mol. The van der Waals surface area contributed by atoms with Crippen LogP contribution >= 0.6 is 11.6 Å². The van der Waals surface area contributed by atoms with Gasteiger partial charge >= 0.3 is 6.18 Å². The Morgan fingerprint density at radius 3 is 2.42 bits per heavy atom. The standard InChI is InChI=1S/C13H10ClF3N2/c14-10-5-2-6-11(12(10)18)19-9-4-1-3-8(7-9)13(15,16)17/h1-7,19H,18H2. The Bertz CT molecular complexity index is 597. The second-order valence-corrected chi connectivity index (χ2v) is 4.31. The number of hydrogen-bond acceptors (Lipinski definition) is 2. The summed E-state index contributed by atoms with van der Waals surface area (Å²) in [5, 5.41) is 3.16. The molecule has 0 atom stereocenters. The third-order valence-electron chi connectivity index (χ3n) is 2.52. The molecule has 0 fully saturated rings. The highest BCUT2D eigenvalue weighted by molar-refractivity contribution is 6.33. The number of halogens is 4. The topological polar surface area (TPSA) is 38.0 Å². The third-order valence-corrected chi connectivity index (χ3v) is 2.85. The van der Waals surface area contributed by atoms with Crippen LogP contribution in [-0.4, -0.2) is 0 Å². The first-order valence-electron chi connectivity index (χ1n) is 5.36.